The lowest BCUT2D eigenvalue weighted by atomic mass is 10.0. The number of hydrogen-bond acceptors (Lipinski definition) is 3. The lowest BCUT2D eigenvalue weighted by Crippen LogP contribution is -2.42. The van der Waals surface area contributed by atoms with Gasteiger partial charge >= 0.3 is 5.76 Å². The van der Waals surface area contributed by atoms with Gasteiger partial charge in [-0.2, -0.15) is 0 Å². The predicted octanol–water partition coefficient (Wildman–Crippen LogP) is 3.46. The molecule has 6 heteroatoms. The van der Waals surface area contributed by atoms with Gasteiger partial charge in [0, 0.05) is 24.5 Å². The minimum Gasteiger partial charge on any atom is -0.408 e. The van der Waals surface area contributed by atoms with Crippen molar-refractivity contribution < 1.29 is 9.21 Å². The number of benzene rings is 1. The average Bonchev–Trinajstić information content (AvgIpc) is 2.82. The molecular weight excluding hydrogens is 316 g/mol. The molecule has 2 heterocycles. The Labute approximate surface area is 139 Å². The molecule has 1 atom stereocenters. The first kappa shape index (κ1) is 16.1. The lowest BCUT2D eigenvalue weighted by Gasteiger charge is -2.33. The van der Waals surface area contributed by atoms with Crippen LogP contribution in [0, 0.1) is 5.92 Å². The fraction of sp³-hybridized carbons (Fsp3) is 0.529. The molecule has 1 aromatic carbocycles. The molecule has 0 N–H and O–H groups in total. The van der Waals surface area contributed by atoms with E-state index in [0.29, 0.717) is 35.0 Å². The number of carbonyl (C=O) groups is 1. The van der Waals surface area contributed by atoms with Crippen molar-refractivity contribution in [1.82, 2.24) is 9.47 Å². The van der Waals surface area contributed by atoms with Gasteiger partial charge in [-0.3, -0.25) is 9.36 Å². The molecule has 0 saturated carbocycles. The second-order valence-corrected chi connectivity index (χ2v) is 7.02. The number of hydrogen-bond donors (Lipinski definition) is 0. The van der Waals surface area contributed by atoms with Gasteiger partial charge < -0.3 is 9.32 Å². The highest BCUT2D eigenvalue weighted by Gasteiger charge is 2.27. The number of rotatable bonds is 3. The van der Waals surface area contributed by atoms with Crippen LogP contribution in [0.15, 0.2) is 27.4 Å². The summed E-state index contributed by atoms with van der Waals surface area (Å²) < 4.78 is 6.96. The first-order valence-electron chi connectivity index (χ1n) is 8.04. The van der Waals surface area contributed by atoms with Crippen LogP contribution in [0.2, 0.25) is 5.02 Å². The van der Waals surface area contributed by atoms with Crippen LogP contribution in [0.3, 0.4) is 0 Å². The van der Waals surface area contributed by atoms with E-state index in [1.54, 1.807) is 22.8 Å². The summed E-state index contributed by atoms with van der Waals surface area (Å²) in [5, 5.41) is 0.565. The van der Waals surface area contributed by atoms with E-state index in [9.17, 15) is 9.59 Å². The molecule has 1 amide bonds. The SMILES string of the molecule is CC(C)CC(=O)N1CCC[C@H](n2c(=O)oc3ccc(Cl)cc32)C1. The van der Waals surface area contributed by atoms with Crippen molar-refractivity contribution in [2.75, 3.05) is 13.1 Å². The molecule has 0 unspecified atom stereocenters. The maximum absolute atomic E-state index is 12.3. The monoisotopic (exact) mass is 336 g/mol. The zero-order chi connectivity index (χ0) is 16.6. The highest BCUT2D eigenvalue weighted by atomic mass is 35.5. The number of nitrogens with zero attached hydrogens (tertiary/aromatic N) is 2. The molecule has 23 heavy (non-hydrogen) atoms. The molecule has 5 nitrogen and oxygen atoms in total. The number of likely N-dealkylation sites (tertiary alicyclic amines) is 1. The third-order valence-corrected chi connectivity index (χ3v) is 4.51. The highest BCUT2D eigenvalue weighted by Crippen LogP contribution is 2.27. The molecule has 0 aliphatic carbocycles. The Morgan fingerprint density at radius 2 is 2.22 bits per heavy atom. The predicted molar refractivity (Wildman–Crippen MR) is 89.8 cm³/mol. The second kappa shape index (κ2) is 6.40. The molecule has 1 aliphatic heterocycles. The molecule has 1 saturated heterocycles. The number of carbonyl (C=O) groups excluding carboxylic acids is 1. The highest BCUT2D eigenvalue weighted by molar-refractivity contribution is 6.31. The van der Waals surface area contributed by atoms with Gasteiger partial charge in [0.15, 0.2) is 5.58 Å². The van der Waals surface area contributed by atoms with Crippen molar-refractivity contribution in [3.63, 3.8) is 0 Å². The molecule has 2 aromatic rings. The second-order valence-electron chi connectivity index (χ2n) is 6.58. The van der Waals surface area contributed by atoms with Crippen LogP contribution >= 0.6 is 11.6 Å². The number of oxazole rings is 1. The average molecular weight is 337 g/mol. The minimum atomic E-state index is -0.384. The number of aromatic nitrogens is 1. The quantitative estimate of drug-likeness (QED) is 0.862. The van der Waals surface area contributed by atoms with Crippen LogP contribution in [-0.2, 0) is 4.79 Å². The molecule has 124 valence electrons. The van der Waals surface area contributed by atoms with Crippen LogP contribution in [0.25, 0.3) is 11.1 Å². The van der Waals surface area contributed by atoms with Crippen molar-refractivity contribution >= 4 is 28.6 Å². The fourth-order valence-electron chi connectivity index (χ4n) is 3.22. The standard InChI is InChI=1S/C17H21ClN2O3/c1-11(2)8-16(21)19-7-3-4-13(10-19)20-14-9-12(18)5-6-15(14)23-17(20)22/h5-6,9,11,13H,3-4,7-8,10H2,1-2H3/t13-/m0/s1. The van der Waals surface area contributed by atoms with Crippen molar-refractivity contribution in [3.05, 3.63) is 33.8 Å². The summed E-state index contributed by atoms with van der Waals surface area (Å²) in [7, 11) is 0. The molecule has 1 aliphatic rings. The summed E-state index contributed by atoms with van der Waals surface area (Å²) in [6.45, 7) is 5.38. The molecular formula is C17H21ClN2O3. The van der Waals surface area contributed by atoms with Gasteiger partial charge in [-0.05, 0) is 37.0 Å². The summed E-state index contributed by atoms with van der Waals surface area (Å²) in [6.07, 6.45) is 2.28. The molecule has 1 aromatic heterocycles. The van der Waals surface area contributed by atoms with E-state index >= 15 is 0 Å². The van der Waals surface area contributed by atoms with E-state index < -0.39 is 0 Å². The van der Waals surface area contributed by atoms with E-state index in [1.807, 2.05) is 18.7 Å². The maximum Gasteiger partial charge on any atom is 0.420 e. The van der Waals surface area contributed by atoms with Gasteiger partial charge in [-0.15, -0.1) is 0 Å². The summed E-state index contributed by atoms with van der Waals surface area (Å²) in [6, 6.07) is 5.10. The Morgan fingerprint density at radius 3 is 2.96 bits per heavy atom. The number of halogens is 1. The van der Waals surface area contributed by atoms with Gasteiger partial charge in [0.1, 0.15) is 0 Å². The van der Waals surface area contributed by atoms with Crippen LogP contribution < -0.4 is 5.76 Å². The molecule has 3 rings (SSSR count). The molecule has 0 spiro atoms. The van der Waals surface area contributed by atoms with Gasteiger partial charge in [-0.1, -0.05) is 25.4 Å². The van der Waals surface area contributed by atoms with Gasteiger partial charge in [0.2, 0.25) is 5.91 Å². The van der Waals surface area contributed by atoms with Crippen molar-refractivity contribution in [3.8, 4) is 0 Å². The Hall–Kier alpha value is -1.75. The smallest absolute Gasteiger partial charge is 0.408 e. The normalized spacial score (nSPS) is 18.8. The van der Waals surface area contributed by atoms with Crippen LogP contribution in [0.4, 0.5) is 0 Å². The summed E-state index contributed by atoms with van der Waals surface area (Å²) in [5.74, 6) is 0.105. The largest absolute Gasteiger partial charge is 0.420 e. The number of amides is 1. The minimum absolute atomic E-state index is 0.0629. The van der Waals surface area contributed by atoms with E-state index in [-0.39, 0.29) is 17.7 Å². The van der Waals surface area contributed by atoms with Crippen molar-refractivity contribution in [1.29, 1.82) is 0 Å². The Balaban J connectivity index is 1.90. The molecule has 0 radical (unpaired) electrons. The fourth-order valence-corrected chi connectivity index (χ4v) is 3.39. The van der Waals surface area contributed by atoms with E-state index in [2.05, 4.69) is 0 Å². The lowest BCUT2D eigenvalue weighted by molar-refractivity contribution is -0.133. The zero-order valence-electron chi connectivity index (χ0n) is 13.4. The van der Waals surface area contributed by atoms with Crippen LogP contribution in [0.5, 0.6) is 0 Å². The molecule has 1 fully saturated rings. The van der Waals surface area contributed by atoms with Gasteiger partial charge in [0.05, 0.1) is 11.6 Å². The summed E-state index contributed by atoms with van der Waals surface area (Å²) in [5.41, 5.74) is 1.23. The Morgan fingerprint density at radius 1 is 1.43 bits per heavy atom. The van der Waals surface area contributed by atoms with Crippen molar-refractivity contribution in [2.45, 2.75) is 39.2 Å². The first-order valence-corrected chi connectivity index (χ1v) is 8.42. The third kappa shape index (κ3) is 3.29. The number of piperidine rings is 1. The van der Waals surface area contributed by atoms with E-state index in [1.165, 1.54) is 0 Å². The number of fused-ring (bicyclic) bond motifs is 1. The third-order valence-electron chi connectivity index (χ3n) is 4.27. The maximum atomic E-state index is 12.3. The van der Waals surface area contributed by atoms with Crippen LogP contribution in [-0.4, -0.2) is 28.5 Å². The Kier molecular flexibility index (Phi) is 4.48. The first-order chi connectivity index (χ1) is 11.0. The Bertz CT molecular complexity index is 778. The summed E-state index contributed by atoms with van der Waals surface area (Å²) >= 11 is 6.05. The van der Waals surface area contributed by atoms with E-state index in [0.717, 1.165) is 19.4 Å². The summed E-state index contributed by atoms with van der Waals surface area (Å²) in [4.78, 5) is 26.4. The van der Waals surface area contributed by atoms with Crippen molar-refractivity contribution in [2.24, 2.45) is 5.92 Å². The molecule has 0 bridgehead atoms. The van der Waals surface area contributed by atoms with Gasteiger partial charge in [-0.25, -0.2) is 4.79 Å². The van der Waals surface area contributed by atoms with Gasteiger partial charge in [0.25, 0.3) is 0 Å². The zero-order valence-corrected chi connectivity index (χ0v) is 14.2. The topological polar surface area (TPSA) is 55.5 Å². The van der Waals surface area contributed by atoms with E-state index in [4.69, 9.17) is 16.0 Å². The van der Waals surface area contributed by atoms with Crippen LogP contribution in [0.1, 0.15) is 39.2 Å².